The first kappa shape index (κ1) is 12.2. The summed E-state index contributed by atoms with van der Waals surface area (Å²) in [5, 5.41) is 3.67. The van der Waals surface area contributed by atoms with Crippen LogP contribution in [0.5, 0.6) is 0 Å². The molecular weight excluding hydrogens is 214 g/mol. The molecule has 0 bridgehead atoms. The van der Waals surface area contributed by atoms with Crippen LogP contribution >= 0.6 is 11.6 Å². The van der Waals surface area contributed by atoms with E-state index in [0.717, 1.165) is 12.2 Å². The Morgan fingerprint density at radius 3 is 2.87 bits per heavy atom. The van der Waals surface area contributed by atoms with Crippen LogP contribution in [-0.4, -0.2) is 23.1 Å². The van der Waals surface area contributed by atoms with Crippen LogP contribution in [-0.2, 0) is 11.3 Å². The number of hydrogen-bond acceptors (Lipinski definition) is 4. The highest BCUT2D eigenvalue weighted by Gasteiger charge is 2.05. The molecule has 4 nitrogen and oxygen atoms in total. The molecule has 0 aliphatic carbocycles. The predicted octanol–water partition coefficient (Wildman–Crippen LogP) is 2.49. The van der Waals surface area contributed by atoms with E-state index in [4.69, 9.17) is 16.3 Å². The van der Waals surface area contributed by atoms with E-state index in [2.05, 4.69) is 29.1 Å². The van der Waals surface area contributed by atoms with E-state index < -0.39 is 0 Å². The van der Waals surface area contributed by atoms with Crippen molar-refractivity contribution in [2.45, 2.75) is 32.9 Å². The third-order valence-electron chi connectivity index (χ3n) is 2.02. The van der Waals surface area contributed by atoms with Crippen molar-refractivity contribution in [3.8, 4) is 0 Å². The van der Waals surface area contributed by atoms with Crippen LogP contribution in [0.3, 0.4) is 0 Å². The van der Waals surface area contributed by atoms with Gasteiger partial charge in [-0.05, 0) is 13.3 Å². The Labute approximate surface area is 95.0 Å². The van der Waals surface area contributed by atoms with E-state index >= 15 is 0 Å². The largest absolute Gasteiger partial charge is 0.377 e. The van der Waals surface area contributed by atoms with Gasteiger partial charge in [0.25, 0.3) is 0 Å². The Morgan fingerprint density at radius 2 is 2.27 bits per heavy atom. The average molecular weight is 230 g/mol. The summed E-state index contributed by atoms with van der Waals surface area (Å²) in [5.74, 6) is 1.34. The molecule has 1 unspecified atom stereocenters. The van der Waals surface area contributed by atoms with E-state index in [0.29, 0.717) is 23.6 Å². The number of rotatable bonds is 5. The standard InChI is InChI=1S/C10H16ClN3O/c1-4-7(2)12-9-5-8(11)13-10(14-9)6-15-3/h5,7H,4,6H2,1-3H3,(H,12,13,14). The van der Waals surface area contributed by atoms with Gasteiger partial charge in [-0.1, -0.05) is 18.5 Å². The summed E-state index contributed by atoms with van der Waals surface area (Å²) in [4.78, 5) is 8.33. The number of halogens is 1. The highest BCUT2D eigenvalue weighted by atomic mass is 35.5. The summed E-state index contributed by atoms with van der Waals surface area (Å²) in [6.07, 6.45) is 1.03. The normalized spacial score (nSPS) is 12.5. The van der Waals surface area contributed by atoms with E-state index in [-0.39, 0.29) is 0 Å². The van der Waals surface area contributed by atoms with Crippen LogP contribution in [0.1, 0.15) is 26.1 Å². The lowest BCUT2D eigenvalue weighted by atomic mass is 10.2. The fourth-order valence-electron chi connectivity index (χ4n) is 1.09. The monoisotopic (exact) mass is 229 g/mol. The fraction of sp³-hybridized carbons (Fsp3) is 0.600. The minimum Gasteiger partial charge on any atom is -0.377 e. The molecule has 1 N–H and O–H groups in total. The molecule has 84 valence electrons. The smallest absolute Gasteiger partial charge is 0.158 e. The Hall–Kier alpha value is -0.870. The second-order valence-corrected chi connectivity index (χ2v) is 3.77. The highest BCUT2D eigenvalue weighted by Crippen LogP contribution is 2.13. The van der Waals surface area contributed by atoms with Gasteiger partial charge < -0.3 is 10.1 Å². The molecule has 1 rings (SSSR count). The van der Waals surface area contributed by atoms with Gasteiger partial charge in [-0.2, -0.15) is 0 Å². The zero-order chi connectivity index (χ0) is 11.3. The number of methoxy groups -OCH3 is 1. The van der Waals surface area contributed by atoms with Crippen molar-refractivity contribution in [2.75, 3.05) is 12.4 Å². The molecule has 1 atom stereocenters. The first-order valence-electron chi connectivity index (χ1n) is 4.94. The maximum atomic E-state index is 5.87. The lowest BCUT2D eigenvalue weighted by Gasteiger charge is -2.12. The van der Waals surface area contributed by atoms with Crippen molar-refractivity contribution in [3.63, 3.8) is 0 Å². The molecule has 1 aromatic heterocycles. The molecule has 0 spiro atoms. The van der Waals surface area contributed by atoms with Gasteiger partial charge in [-0.3, -0.25) is 0 Å². The summed E-state index contributed by atoms with van der Waals surface area (Å²) in [6, 6.07) is 2.08. The van der Waals surface area contributed by atoms with E-state index in [1.165, 1.54) is 0 Å². The Morgan fingerprint density at radius 1 is 1.53 bits per heavy atom. The molecule has 0 radical (unpaired) electrons. The van der Waals surface area contributed by atoms with Gasteiger partial charge in [0, 0.05) is 19.2 Å². The van der Waals surface area contributed by atoms with Crippen LogP contribution in [0.15, 0.2) is 6.07 Å². The number of ether oxygens (including phenoxy) is 1. The fourth-order valence-corrected chi connectivity index (χ4v) is 1.29. The molecule has 5 heteroatoms. The maximum Gasteiger partial charge on any atom is 0.158 e. The molecular formula is C10H16ClN3O. The van der Waals surface area contributed by atoms with Gasteiger partial charge in [0.2, 0.25) is 0 Å². The number of nitrogens with one attached hydrogen (secondary N) is 1. The molecule has 0 amide bonds. The van der Waals surface area contributed by atoms with Gasteiger partial charge in [-0.15, -0.1) is 0 Å². The van der Waals surface area contributed by atoms with Crippen LogP contribution in [0.4, 0.5) is 5.82 Å². The van der Waals surface area contributed by atoms with E-state index in [1.807, 2.05) is 0 Å². The Kier molecular flexibility index (Phi) is 4.78. The molecule has 1 heterocycles. The second-order valence-electron chi connectivity index (χ2n) is 3.38. The van der Waals surface area contributed by atoms with Crippen molar-refractivity contribution < 1.29 is 4.74 Å². The molecule has 1 aromatic rings. The molecule has 0 aliphatic heterocycles. The van der Waals surface area contributed by atoms with Gasteiger partial charge in [0.05, 0.1) is 0 Å². The molecule has 0 aromatic carbocycles. The van der Waals surface area contributed by atoms with Gasteiger partial charge in [0.1, 0.15) is 17.6 Å². The first-order chi connectivity index (χ1) is 7.15. The first-order valence-corrected chi connectivity index (χ1v) is 5.32. The SMILES string of the molecule is CCC(C)Nc1cc(Cl)nc(COC)n1. The lowest BCUT2D eigenvalue weighted by Crippen LogP contribution is -2.15. The van der Waals surface area contributed by atoms with Crippen LogP contribution < -0.4 is 5.32 Å². The molecule has 0 saturated heterocycles. The van der Waals surface area contributed by atoms with E-state index in [9.17, 15) is 0 Å². The lowest BCUT2D eigenvalue weighted by molar-refractivity contribution is 0.178. The predicted molar refractivity (Wildman–Crippen MR) is 61.1 cm³/mol. The second kappa shape index (κ2) is 5.88. The van der Waals surface area contributed by atoms with Crippen molar-refractivity contribution in [1.82, 2.24) is 9.97 Å². The molecule has 0 fully saturated rings. The zero-order valence-corrected chi connectivity index (χ0v) is 10.0. The number of nitrogens with zero attached hydrogens (tertiary/aromatic N) is 2. The summed E-state index contributed by atoms with van der Waals surface area (Å²) in [6.45, 7) is 4.57. The minimum atomic E-state index is 0.367. The minimum absolute atomic E-state index is 0.367. The van der Waals surface area contributed by atoms with Crippen molar-refractivity contribution in [3.05, 3.63) is 17.0 Å². The highest BCUT2D eigenvalue weighted by molar-refractivity contribution is 6.29. The molecule has 0 saturated carbocycles. The molecule has 15 heavy (non-hydrogen) atoms. The third-order valence-corrected chi connectivity index (χ3v) is 2.21. The van der Waals surface area contributed by atoms with Crippen molar-refractivity contribution in [1.29, 1.82) is 0 Å². The van der Waals surface area contributed by atoms with Crippen LogP contribution in [0, 0.1) is 0 Å². The average Bonchev–Trinajstić information content (AvgIpc) is 2.17. The summed E-state index contributed by atoms with van der Waals surface area (Å²) in [5.41, 5.74) is 0. The third kappa shape index (κ3) is 4.01. The van der Waals surface area contributed by atoms with Crippen LogP contribution in [0.25, 0.3) is 0 Å². The van der Waals surface area contributed by atoms with E-state index in [1.54, 1.807) is 13.2 Å². The van der Waals surface area contributed by atoms with Gasteiger partial charge in [0.15, 0.2) is 5.82 Å². The maximum absolute atomic E-state index is 5.87. The van der Waals surface area contributed by atoms with Gasteiger partial charge >= 0.3 is 0 Å². The van der Waals surface area contributed by atoms with Crippen LogP contribution in [0.2, 0.25) is 5.15 Å². The van der Waals surface area contributed by atoms with Gasteiger partial charge in [-0.25, -0.2) is 9.97 Å². The topological polar surface area (TPSA) is 47.0 Å². The number of hydrogen-bond donors (Lipinski definition) is 1. The number of anilines is 1. The van der Waals surface area contributed by atoms with Crippen molar-refractivity contribution in [2.24, 2.45) is 0 Å². The Bertz CT molecular complexity index is 320. The Balaban J connectivity index is 2.78. The molecule has 0 aliphatic rings. The summed E-state index contributed by atoms with van der Waals surface area (Å²) in [7, 11) is 1.60. The summed E-state index contributed by atoms with van der Waals surface area (Å²) < 4.78 is 4.96. The quantitative estimate of drug-likeness (QED) is 0.789. The number of aromatic nitrogens is 2. The summed E-state index contributed by atoms with van der Waals surface area (Å²) >= 11 is 5.87. The zero-order valence-electron chi connectivity index (χ0n) is 9.25. The van der Waals surface area contributed by atoms with Crippen molar-refractivity contribution >= 4 is 17.4 Å².